The highest BCUT2D eigenvalue weighted by Crippen LogP contribution is 2.23. The summed E-state index contributed by atoms with van der Waals surface area (Å²) in [5, 5.41) is 0. The minimum atomic E-state index is -4.63. The van der Waals surface area contributed by atoms with Gasteiger partial charge in [-0.3, -0.25) is 4.90 Å². The van der Waals surface area contributed by atoms with Gasteiger partial charge in [0.2, 0.25) is 0 Å². The summed E-state index contributed by atoms with van der Waals surface area (Å²) < 4.78 is 40.2. The lowest BCUT2D eigenvalue weighted by Gasteiger charge is -2.36. The summed E-state index contributed by atoms with van der Waals surface area (Å²) in [7, 11) is 2.15. The van der Waals surface area contributed by atoms with Gasteiger partial charge in [0.15, 0.2) is 0 Å². The van der Waals surface area contributed by atoms with Crippen molar-refractivity contribution in [1.29, 1.82) is 0 Å². The fraction of sp³-hybridized carbons (Fsp3) is 0.700. The third-order valence-electron chi connectivity index (χ3n) is 4.24. The molecule has 0 amide bonds. The molecule has 0 bridgehead atoms. The Balaban J connectivity index is 0.000000765. The summed E-state index contributed by atoms with van der Waals surface area (Å²) >= 11 is 0. The maximum atomic E-state index is 12.1. The summed E-state index contributed by atoms with van der Waals surface area (Å²) in [6.45, 7) is 12.5. The van der Waals surface area contributed by atoms with Crippen LogP contribution in [0.25, 0.3) is 0 Å². The Bertz CT molecular complexity index is 492. The summed E-state index contributed by atoms with van der Waals surface area (Å²) in [6.07, 6.45) is -2.35. The number of ether oxygens (including phenoxy) is 1. The molecule has 0 N–H and O–H groups in total. The minimum Gasteiger partial charge on any atom is -0.406 e. The molecule has 26 heavy (non-hydrogen) atoms. The van der Waals surface area contributed by atoms with Crippen LogP contribution in [0.3, 0.4) is 0 Å². The molecule has 0 radical (unpaired) electrons. The van der Waals surface area contributed by atoms with E-state index in [1.807, 2.05) is 0 Å². The summed E-state index contributed by atoms with van der Waals surface area (Å²) in [6, 6.07) is 6.79. The topological polar surface area (TPSA) is 15.7 Å². The Morgan fingerprint density at radius 2 is 1.62 bits per heavy atom. The van der Waals surface area contributed by atoms with E-state index in [-0.39, 0.29) is 5.75 Å². The van der Waals surface area contributed by atoms with Crippen LogP contribution in [0.5, 0.6) is 5.75 Å². The molecule has 0 spiro atoms. The van der Waals surface area contributed by atoms with Gasteiger partial charge < -0.3 is 9.64 Å². The van der Waals surface area contributed by atoms with Crippen LogP contribution in [0.1, 0.15) is 46.1 Å². The largest absolute Gasteiger partial charge is 0.573 e. The first-order chi connectivity index (χ1) is 12.1. The zero-order chi connectivity index (χ0) is 19.7. The molecule has 1 aliphatic rings. The van der Waals surface area contributed by atoms with Crippen LogP contribution in [0.2, 0.25) is 0 Å². The third-order valence-corrected chi connectivity index (χ3v) is 4.24. The van der Waals surface area contributed by atoms with Gasteiger partial charge in [0, 0.05) is 12.6 Å². The predicted molar refractivity (Wildman–Crippen MR) is 100 cm³/mol. The molecule has 1 aromatic carbocycles. The average molecular weight is 374 g/mol. The first-order valence-corrected chi connectivity index (χ1v) is 9.38. The second-order valence-corrected chi connectivity index (χ2v) is 7.50. The normalized spacial score (nSPS) is 16.5. The van der Waals surface area contributed by atoms with Gasteiger partial charge >= 0.3 is 6.36 Å². The Kier molecular flexibility index (Phi) is 9.44. The molecular weight excluding hydrogens is 341 g/mol. The van der Waals surface area contributed by atoms with Crippen LogP contribution >= 0.6 is 0 Å². The van der Waals surface area contributed by atoms with Gasteiger partial charge in [0.25, 0.3) is 0 Å². The quantitative estimate of drug-likeness (QED) is 0.708. The lowest BCUT2D eigenvalue weighted by atomic mass is 10.0. The Morgan fingerprint density at radius 1 is 1.12 bits per heavy atom. The van der Waals surface area contributed by atoms with E-state index in [2.05, 4.69) is 49.3 Å². The monoisotopic (exact) mass is 374 g/mol. The van der Waals surface area contributed by atoms with E-state index in [4.69, 9.17) is 0 Å². The van der Waals surface area contributed by atoms with Crippen LogP contribution in [0, 0.1) is 5.92 Å². The van der Waals surface area contributed by atoms with Crippen molar-refractivity contribution in [2.24, 2.45) is 5.92 Å². The molecule has 1 fully saturated rings. The number of halogens is 3. The van der Waals surface area contributed by atoms with E-state index >= 15 is 0 Å². The standard InChI is InChI=1S/C16H23F3N2O.C4H10/c1-3-20(2)14-8-10-21(11-9-14)12-13-4-6-15(7-5-13)22-16(17,18)19;1-4(2)3/h4-7,14H,3,8-12H2,1-2H3;4H,1-3H3. The van der Waals surface area contributed by atoms with Gasteiger partial charge in [-0.05, 0) is 63.1 Å². The highest BCUT2D eigenvalue weighted by molar-refractivity contribution is 5.27. The first kappa shape index (κ1) is 22.8. The van der Waals surface area contributed by atoms with Crippen molar-refractivity contribution in [2.75, 3.05) is 26.7 Å². The van der Waals surface area contributed by atoms with Crippen LogP contribution < -0.4 is 4.74 Å². The Morgan fingerprint density at radius 3 is 2.04 bits per heavy atom. The highest BCUT2D eigenvalue weighted by Gasteiger charge is 2.31. The van der Waals surface area contributed by atoms with Gasteiger partial charge in [-0.15, -0.1) is 13.2 Å². The number of benzene rings is 1. The fourth-order valence-corrected chi connectivity index (χ4v) is 2.83. The van der Waals surface area contributed by atoms with Crippen molar-refractivity contribution in [1.82, 2.24) is 9.80 Å². The number of nitrogens with zero attached hydrogens (tertiary/aromatic N) is 2. The smallest absolute Gasteiger partial charge is 0.406 e. The number of rotatable bonds is 5. The Labute approximate surface area is 156 Å². The van der Waals surface area contributed by atoms with Gasteiger partial charge in [-0.25, -0.2) is 0 Å². The van der Waals surface area contributed by atoms with Crippen molar-refractivity contribution in [3.8, 4) is 5.75 Å². The predicted octanol–water partition coefficient (Wildman–Crippen LogP) is 5.16. The maximum absolute atomic E-state index is 12.1. The van der Waals surface area contributed by atoms with Crippen molar-refractivity contribution in [2.45, 2.75) is 59.5 Å². The molecule has 1 aromatic rings. The van der Waals surface area contributed by atoms with E-state index in [9.17, 15) is 13.2 Å². The number of alkyl halides is 3. The van der Waals surface area contributed by atoms with Crippen molar-refractivity contribution >= 4 is 0 Å². The minimum absolute atomic E-state index is 0.167. The van der Waals surface area contributed by atoms with E-state index in [0.717, 1.165) is 50.5 Å². The molecule has 0 aliphatic carbocycles. The second-order valence-electron chi connectivity index (χ2n) is 7.50. The molecule has 6 heteroatoms. The fourth-order valence-electron chi connectivity index (χ4n) is 2.83. The Hall–Kier alpha value is -1.27. The van der Waals surface area contributed by atoms with Gasteiger partial charge in [-0.1, -0.05) is 39.8 Å². The molecule has 0 aromatic heterocycles. The van der Waals surface area contributed by atoms with Gasteiger partial charge in [0.1, 0.15) is 5.75 Å². The number of piperidine rings is 1. The molecule has 2 rings (SSSR count). The zero-order valence-electron chi connectivity index (χ0n) is 16.6. The van der Waals surface area contributed by atoms with Crippen LogP contribution in [-0.2, 0) is 6.54 Å². The van der Waals surface area contributed by atoms with E-state index in [1.54, 1.807) is 12.1 Å². The zero-order valence-corrected chi connectivity index (χ0v) is 16.6. The summed E-state index contributed by atoms with van der Waals surface area (Å²) in [4.78, 5) is 4.72. The van der Waals surface area contributed by atoms with Crippen molar-refractivity contribution in [3.63, 3.8) is 0 Å². The molecule has 150 valence electrons. The number of hydrogen-bond donors (Lipinski definition) is 0. The lowest BCUT2D eigenvalue weighted by molar-refractivity contribution is -0.274. The van der Waals surface area contributed by atoms with Crippen LogP contribution in [0.4, 0.5) is 13.2 Å². The SMILES string of the molecule is CC(C)C.CCN(C)C1CCN(Cc2ccc(OC(F)(F)F)cc2)CC1. The van der Waals surface area contributed by atoms with E-state index < -0.39 is 6.36 Å². The molecular formula is C20H33F3N2O. The van der Waals surface area contributed by atoms with E-state index in [1.165, 1.54) is 12.1 Å². The molecule has 3 nitrogen and oxygen atoms in total. The van der Waals surface area contributed by atoms with E-state index in [0.29, 0.717) is 6.04 Å². The molecule has 0 atom stereocenters. The third kappa shape index (κ3) is 9.43. The maximum Gasteiger partial charge on any atom is 0.573 e. The highest BCUT2D eigenvalue weighted by atomic mass is 19.4. The van der Waals surface area contributed by atoms with Crippen molar-refractivity contribution < 1.29 is 17.9 Å². The number of likely N-dealkylation sites (tertiary alicyclic amines) is 1. The molecule has 0 saturated carbocycles. The first-order valence-electron chi connectivity index (χ1n) is 9.38. The number of hydrogen-bond acceptors (Lipinski definition) is 3. The van der Waals surface area contributed by atoms with Gasteiger partial charge in [-0.2, -0.15) is 0 Å². The second kappa shape index (κ2) is 10.8. The summed E-state index contributed by atoms with van der Waals surface area (Å²) in [5.74, 6) is 0.666. The van der Waals surface area contributed by atoms with Crippen LogP contribution in [-0.4, -0.2) is 48.9 Å². The molecule has 1 heterocycles. The molecule has 0 unspecified atom stereocenters. The molecule has 1 aliphatic heterocycles. The van der Waals surface area contributed by atoms with Gasteiger partial charge in [0.05, 0.1) is 0 Å². The molecule has 1 saturated heterocycles. The average Bonchev–Trinajstić information content (AvgIpc) is 2.55. The van der Waals surface area contributed by atoms with Crippen molar-refractivity contribution in [3.05, 3.63) is 29.8 Å². The van der Waals surface area contributed by atoms with Crippen LogP contribution in [0.15, 0.2) is 24.3 Å². The summed E-state index contributed by atoms with van der Waals surface area (Å²) in [5.41, 5.74) is 1.01. The lowest BCUT2D eigenvalue weighted by Crippen LogP contribution is -2.42.